The summed E-state index contributed by atoms with van der Waals surface area (Å²) in [6.45, 7) is 2.45. The maximum atomic E-state index is 13.8. The molecule has 4 aliphatic heterocycles. The number of ether oxygens (including phenoxy) is 3. The number of alkyl halides is 2. The number of rotatable bonds is 3. The van der Waals surface area contributed by atoms with Crippen LogP contribution < -0.4 is 20.5 Å². The minimum atomic E-state index is -2.97. The van der Waals surface area contributed by atoms with Gasteiger partial charge in [0.15, 0.2) is 0 Å². The zero-order valence-corrected chi connectivity index (χ0v) is 19.5. The van der Waals surface area contributed by atoms with Crippen LogP contribution in [-0.2, 0) is 34.7 Å². The molecule has 9 nitrogen and oxygen atoms in total. The second-order valence-corrected chi connectivity index (χ2v) is 9.91. The van der Waals surface area contributed by atoms with Gasteiger partial charge in [-0.3, -0.25) is 10.1 Å². The molecule has 3 atom stereocenters. The van der Waals surface area contributed by atoms with Crippen molar-refractivity contribution in [1.29, 1.82) is 0 Å². The highest BCUT2D eigenvalue weighted by Crippen LogP contribution is 2.45. The third kappa shape index (κ3) is 3.59. The first kappa shape index (κ1) is 22.4. The Morgan fingerprint density at radius 3 is 2.94 bits per heavy atom. The van der Waals surface area contributed by atoms with Crippen LogP contribution in [0.3, 0.4) is 0 Å². The molecule has 1 fully saturated rings. The van der Waals surface area contributed by atoms with Gasteiger partial charge in [0.05, 0.1) is 30.0 Å². The van der Waals surface area contributed by atoms with E-state index in [1.807, 2.05) is 18.7 Å². The monoisotopic (exact) mass is 487 g/mol. The summed E-state index contributed by atoms with van der Waals surface area (Å²) in [5, 5.41) is 3.34. The van der Waals surface area contributed by atoms with E-state index in [1.54, 1.807) is 6.07 Å². The highest BCUT2D eigenvalue weighted by molar-refractivity contribution is 5.83. The summed E-state index contributed by atoms with van der Waals surface area (Å²) in [5.74, 6) is 0.496. The summed E-state index contributed by atoms with van der Waals surface area (Å²) in [5.41, 5.74) is 10.3. The van der Waals surface area contributed by atoms with E-state index in [4.69, 9.17) is 15.2 Å². The maximum absolute atomic E-state index is 13.8. The minimum Gasteiger partial charge on any atom is -0.471 e. The number of nitrogen functional groups attached to an aromatic ring is 1. The fraction of sp³-hybridized carbons (Fsp3) is 0.542. The number of nitrogens with zero attached hydrogens (tertiary/aromatic N) is 3. The summed E-state index contributed by atoms with van der Waals surface area (Å²) in [6.07, 6.45) is 1.75. The number of fused-ring (bicyclic) bond motifs is 6. The number of nitrogens with two attached hydrogens (primary N) is 1. The van der Waals surface area contributed by atoms with Gasteiger partial charge in [-0.2, -0.15) is 13.8 Å². The number of pyridine rings is 2. The number of nitrogens with one attached hydrogen (secondary N) is 1. The fourth-order valence-electron chi connectivity index (χ4n) is 5.92. The quantitative estimate of drug-likeness (QED) is 0.680. The van der Waals surface area contributed by atoms with Gasteiger partial charge in [-0.15, -0.1) is 0 Å². The van der Waals surface area contributed by atoms with Crippen LogP contribution in [0.5, 0.6) is 11.8 Å². The van der Waals surface area contributed by atoms with Crippen LogP contribution in [0.2, 0.25) is 0 Å². The molecule has 0 unspecified atom stereocenters. The Labute approximate surface area is 200 Å². The summed E-state index contributed by atoms with van der Waals surface area (Å²) in [4.78, 5) is 24.4. The Morgan fingerprint density at radius 2 is 2.14 bits per heavy atom. The van der Waals surface area contributed by atoms with E-state index in [2.05, 4.69) is 20.0 Å². The molecule has 2 aromatic heterocycles. The number of hydrogen-bond acceptors (Lipinski definition) is 8. The predicted octanol–water partition coefficient (Wildman–Crippen LogP) is 2.56. The van der Waals surface area contributed by atoms with Crippen LogP contribution in [0.4, 0.5) is 14.6 Å². The standard InChI is InChI=1S/C24H27F2N5O4/c1-24(2)18-13(10-33-24)12-8-14(28-9-15(12)29-20(18)27)22(32)31-7-3-4-16-19(31)11-5-6-17(35-23(25)26)30-21(11)34-16/h5-6,14,16,19,23,28H,3-4,7-10H2,1-2H3,(H2,27,29)/t14-,16+,19+/m1/s1. The average Bonchev–Trinajstić information content (AvgIpc) is 3.35. The number of carbonyl (C=O) groups is 1. The Kier molecular flexibility index (Phi) is 5.12. The van der Waals surface area contributed by atoms with Crippen molar-refractivity contribution in [2.45, 2.75) is 76.7 Å². The van der Waals surface area contributed by atoms with Gasteiger partial charge >= 0.3 is 6.61 Å². The third-order valence-corrected chi connectivity index (χ3v) is 7.44. The highest BCUT2D eigenvalue weighted by Gasteiger charge is 2.46. The summed E-state index contributed by atoms with van der Waals surface area (Å²) < 4.78 is 41.6. The first-order valence-electron chi connectivity index (χ1n) is 11.8. The minimum absolute atomic E-state index is 0.0292. The number of aromatic nitrogens is 2. The van der Waals surface area contributed by atoms with E-state index in [1.165, 1.54) is 6.07 Å². The van der Waals surface area contributed by atoms with Gasteiger partial charge in [0.25, 0.3) is 0 Å². The van der Waals surface area contributed by atoms with Crippen molar-refractivity contribution < 1.29 is 27.8 Å². The fourth-order valence-corrected chi connectivity index (χ4v) is 5.92. The first-order chi connectivity index (χ1) is 16.7. The number of piperidine rings is 1. The van der Waals surface area contributed by atoms with E-state index in [0.717, 1.165) is 35.2 Å². The number of carbonyl (C=O) groups excluding carboxylic acids is 1. The van der Waals surface area contributed by atoms with Crippen LogP contribution in [0.1, 0.15) is 60.7 Å². The molecule has 4 aliphatic rings. The summed E-state index contributed by atoms with van der Waals surface area (Å²) in [6, 6.07) is 2.31. The third-order valence-electron chi connectivity index (χ3n) is 7.44. The van der Waals surface area contributed by atoms with Gasteiger partial charge < -0.3 is 24.8 Å². The van der Waals surface area contributed by atoms with Crippen LogP contribution in [0.15, 0.2) is 12.1 Å². The van der Waals surface area contributed by atoms with Crippen molar-refractivity contribution in [2.75, 3.05) is 12.3 Å². The van der Waals surface area contributed by atoms with Crippen LogP contribution in [-0.4, -0.2) is 46.1 Å². The van der Waals surface area contributed by atoms with Crippen molar-refractivity contribution in [1.82, 2.24) is 20.2 Å². The number of hydrogen-bond donors (Lipinski definition) is 2. The smallest absolute Gasteiger partial charge is 0.388 e. The number of halogens is 2. The number of likely N-dealkylation sites (tertiary alicyclic amines) is 1. The maximum Gasteiger partial charge on any atom is 0.388 e. The van der Waals surface area contributed by atoms with E-state index in [-0.39, 0.29) is 29.8 Å². The van der Waals surface area contributed by atoms with Gasteiger partial charge in [0.2, 0.25) is 17.7 Å². The largest absolute Gasteiger partial charge is 0.471 e. The SMILES string of the molecule is CC1(C)OCc2c3c(nc(N)c21)CN[C@@H](C(=O)N1CCC[C@@H]2Oc4nc(OC(F)F)ccc4[C@@H]21)C3. The molecule has 6 heterocycles. The first-order valence-corrected chi connectivity index (χ1v) is 11.8. The van der Waals surface area contributed by atoms with Crippen LogP contribution in [0, 0.1) is 0 Å². The zero-order valence-electron chi connectivity index (χ0n) is 19.5. The van der Waals surface area contributed by atoms with Crippen molar-refractivity contribution in [3.05, 3.63) is 40.1 Å². The van der Waals surface area contributed by atoms with E-state index in [9.17, 15) is 13.6 Å². The molecule has 11 heteroatoms. The van der Waals surface area contributed by atoms with E-state index < -0.39 is 18.3 Å². The molecule has 0 aliphatic carbocycles. The van der Waals surface area contributed by atoms with Crippen molar-refractivity contribution >= 4 is 11.7 Å². The summed E-state index contributed by atoms with van der Waals surface area (Å²) in [7, 11) is 0. The van der Waals surface area contributed by atoms with Crippen molar-refractivity contribution in [3.8, 4) is 11.8 Å². The lowest BCUT2D eigenvalue weighted by Crippen LogP contribution is -2.54. The molecule has 0 aromatic carbocycles. The lowest BCUT2D eigenvalue weighted by molar-refractivity contribution is -0.139. The molecule has 186 valence electrons. The van der Waals surface area contributed by atoms with Gasteiger partial charge in [-0.1, -0.05) is 0 Å². The van der Waals surface area contributed by atoms with Gasteiger partial charge in [0.1, 0.15) is 11.9 Å². The normalized spacial score (nSPS) is 26.0. The molecule has 1 amide bonds. The van der Waals surface area contributed by atoms with Crippen LogP contribution in [0.25, 0.3) is 0 Å². The Bertz CT molecular complexity index is 1210. The molecular formula is C24H27F2N5O4. The molecule has 1 saturated heterocycles. The molecule has 0 saturated carbocycles. The van der Waals surface area contributed by atoms with Crippen molar-refractivity contribution in [2.24, 2.45) is 0 Å². The molecule has 2 aromatic rings. The Balaban J connectivity index is 1.28. The van der Waals surface area contributed by atoms with Gasteiger partial charge in [-0.25, -0.2) is 4.98 Å². The number of amides is 1. The summed E-state index contributed by atoms with van der Waals surface area (Å²) >= 11 is 0. The van der Waals surface area contributed by atoms with E-state index >= 15 is 0 Å². The molecule has 6 rings (SSSR count). The molecule has 35 heavy (non-hydrogen) atoms. The highest BCUT2D eigenvalue weighted by atomic mass is 19.3. The predicted molar refractivity (Wildman–Crippen MR) is 120 cm³/mol. The molecule has 0 spiro atoms. The molecular weight excluding hydrogens is 460 g/mol. The van der Waals surface area contributed by atoms with E-state index in [0.29, 0.717) is 37.5 Å². The molecule has 0 radical (unpaired) electrons. The molecule has 3 N–H and O–H groups in total. The second-order valence-electron chi connectivity index (χ2n) is 9.91. The lowest BCUT2D eigenvalue weighted by atomic mass is 9.87. The lowest BCUT2D eigenvalue weighted by Gasteiger charge is -2.39. The van der Waals surface area contributed by atoms with Gasteiger partial charge in [0, 0.05) is 30.3 Å². The second kappa shape index (κ2) is 7.99. The van der Waals surface area contributed by atoms with Gasteiger partial charge in [-0.05, 0) is 50.3 Å². The molecule has 0 bridgehead atoms. The number of anilines is 1. The Hall–Kier alpha value is -3.05. The Morgan fingerprint density at radius 1 is 1.31 bits per heavy atom. The topological polar surface area (TPSA) is 112 Å². The average molecular weight is 488 g/mol. The zero-order chi connectivity index (χ0) is 24.5. The van der Waals surface area contributed by atoms with Crippen LogP contribution >= 0.6 is 0 Å². The van der Waals surface area contributed by atoms with Crippen molar-refractivity contribution in [3.63, 3.8) is 0 Å².